The minimum absolute atomic E-state index is 0.0878. The molecule has 3 atom stereocenters. The first-order valence-electron chi connectivity index (χ1n) is 10.3. The third-order valence-corrected chi connectivity index (χ3v) is 7.43. The number of benzene rings is 3. The van der Waals surface area contributed by atoms with Gasteiger partial charge in [-0.15, -0.1) is 0 Å². The third-order valence-electron chi connectivity index (χ3n) is 5.92. The second-order valence-electron chi connectivity index (χ2n) is 8.17. The number of rotatable bonds is 6. The quantitative estimate of drug-likeness (QED) is 0.613. The third kappa shape index (κ3) is 4.19. The van der Waals surface area contributed by atoms with Crippen LogP contribution in [0.1, 0.15) is 46.8 Å². The molecule has 0 saturated carbocycles. The van der Waals surface area contributed by atoms with Gasteiger partial charge in [-0.1, -0.05) is 66.2 Å². The van der Waals surface area contributed by atoms with E-state index in [0.717, 1.165) is 5.56 Å². The van der Waals surface area contributed by atoms with Crippen molar-refractivity contribution in [1.29, 1.82) is 0 Å². The van der Waals surface area contributed by atoms with Crippen LogP contribution in [0.4, 0.5) is 0 Å². The average molecular weight is 421 g/mol. The molecule has 4 nitrogen and oxygen atoms in total. The number of sulfonamides is 1. The molecule has 156 valence electrons. The minimum atomic E-state index is -3.60. The highest BCUT2D eigenvalue weighted by Gasteiger charge is 2.36. The van der Waals surface area contributed by atoms with E-state index in [-0.39, 0.29) is 18.1 Å². The summed E-state index contributed by atoms with van der Waals surface area (Å²) in [5, 5.41) is 3.72. The Labute approximate surface area is 179 Å². The molecule has 3 aromatic carbocycles. The largest absolute Gasteiger partial charge is 0.302 e. The Morgan fingerprint density at radius 3 is 2.40 bits per heavy atom. The van der Waals surface area contributed by atoms with E-state index >= 15 is 0 Å². The van der Waals surface area contributed by atoms with Crippen LogP contribution in [0.5, 0.6) is 0 Å². The molecule has 0 radical (unpaired) electrons. The van der Waals surface area contributed by atoms with Crippen LogP contribution in [0, 0.1) is 13.8 Å². The first-order valence-corrected chi connectivity index (χ1v) is 11.8. The van der Waals surface area contributed by atoms with E-state index < -0.39 is 10.0 Å². The van der Waals surface area contributed by atoms with Crippen LogP contribution < -0.4 is 10.0 Å². The highest BCUT2D eigenvalue weighted by Crippen LogP contribution is 2.34. The van der Waals surface area contributed by atoms with Gasteiger partial charge in [0.25, 0.3) is 0 Å². The van der Waals surface area contributed by atoms with E-state index in [1.54, 1.807) is 24.3 Å². The Morgan fingerprint density at radius 2 is 1.63 bits per heavy atom. The predicted octanol–water partition coefficient (Wildman–Crippen LogP) is 4.60. The molecule has 0 saturated heterocycles. The number of aryl methyl sites for hydroxylation is 2. The molecule has 3 aromatic rings. The van der Waals surface area contributed by atoms with Gasteiger partial charge in [0, 0.05) is 18.1 Å². The molecule has 0 heterocycles. The van der Waals surface area contributed by atoms with Crippen LogP contribution in [-0.2, 0) is 16.4 Å². The molecule has 0 aromatic heterocycles. The van der Waals surface area contributed by atoms with E-state index in [1.807, 2.05) is 18.2 Å². The molecule has 5 heteroatoms. The Bertz CT molecular complexity index is 1140. The Balaban J connectivity index is 1.63. The van der Waals surface area contributed by atoms with E-state index in [2.05, 4.69) is 61.1 Å². The summed E-state index contributed by atoms with van der Waals surface area (Å²) in [5.41, 5.74) is 6.04. The number of fused-ring (bicyclic) bond motifs is 1. The van der Waals surface area contributed by atoms with Crippen molar-refractivity contribution in [3.63, 3.8) is 0 Å². The first kappa shape index (κ1) is 20.8. The van der Waals surface area contributed by atoms with Crippen molar-refractivity contribution >= 4 is 10.0 Å². The summed E-state index contributed by atoms with van der Waals surface area (Å²) in [6.45, 7) is 6.36. The first-order chi connectivity index (χ1) is 14.3. The van der Waals surface area contributed by atoms with Crippen molar-refractivity contribution in [1.82, 2.24) is 10.0 Å². The smallest absolute Gasteiger partial charge is 0.240 e. The van der Waals surface area contributed by atoms with Crippen molar-refractivity contribution in [3.05, 3.63) is 101 Å². The normalized spacial score (nSPS) is 19.4. The molecule has 0 bridgehead atoms. The lowest BCUT2D eigenvalue weighted by molar-refractivity contribution is 0.401. The molecular formula is C25H28N2O2S. The maximum absolute atomic E-state index is 13.0. The van der Waals surface area contributed by atoms with Gasteiger partial charge < -0.3 is 5.32 Å². The molecule has 2 N–H and O–H groups in total. The average Bonchev–Trinajstić information content (AvgIpc) is 3.06. The summed E-state index contributed by atoms with van der Waals surface area (Å²) in [7, 11) is -3.60. The van der Waals surface area contributed by atoms with Crippen molar-refractivity contribution < 1.29 is 8.42 Å². The zero-order valence-corrected chi connectivity index (χ0v) is 18.4. The van der Waals surface area contributed by atoms with Crippen LogP contribution in [0.15, 0.2) is 77.7 Å². The van der Waals surface area contributed by atoms with Gasteiger partial charge in [-0.25, -0.2) is 13.1 Å². The highest BCUT2D eigenvalue weighted by molar-refractivity contribution is 7.89. The molecule has 0 amide bonds. The fourth-order valence-electron chi connectivity index (χ4n) is 4.36. The fourth-order valence-corrected chi connectivity index (χ4v) is 5.63. The Kier molecular flexibility index (Phi) is 5.78. The second-order valence-corrected chi connectivity index (χ2v) is 9.88. The molecular weight excluding hydrogens is 392 g/mol. The van der Waals surface area contributed by atoms with Crippen molar-refractivity contribution in [3.8, 4) is 0 Å². The lowest BCUT2D eigenvalue weighted by Gasteiger charge is -2.28. The van der Waals surface area contributed by atoms with Gasteiger partial charge in [-0.3, -0.25) is 0 Å². The monoisotopic (exact) mass is 420 g/mol. The maximum atomic E-state index is 13.0. The van der Waals surface area contributed by atoms with Gasteiger partial charge in [0.15, 0.2) is 0 Å². The van der Waals surface area contributed by atoms with Gasteiger partial charge in [0.1, 0.15) is 0 Å². The standard InChI is InChI=1S/C25H28N2O2S/c1-17-13-14-18(2)23(15-17)19(3)26-25-22-12-8-7-9-20(22)16-24(25)27-30(28,29)21-10-5-4-6-11-21/h4-15,19,24-27H,16H2,1-3H3/t19-,24-,25+/m0/s1. The summed E-state index contributed by atoms with van der Waals surface area (Å²) < 4.78 is 29.0. The van der Waals surface area contributed by atoms with Crippen molar-refractivity contribution in [2.75, 3.05) is 0 Å². The number of hydrogen-bond acceptors (Lipinski definition) is 3. The summed E-state index contributed by atoms with van der Waals surface area (Å²) in [6, 6.07) is 23.0. The van der Waals surface area contributed by atoms with E-state index in [1.165, 1.54) is 22.3 Å². The predicted molar refractivity (Wildman–Crippen MR) is 121 cm³/mol. The topological polar surface area (TPSA) is 58.2 Å². The maximum Gasteiger partial charge on any atom is 0.240 e. The zero-order chi connectivity index (χ0) is 21.3. The Morgan fingerprint density at radius 1 is 0.933 bits per heavy atom. The summed E-state index contributed by atoms with van der Waals surface area (Å²) in [6.07, 6.45) is 0.666. The van der Waals surface area contributed by atoms with Gasteiger partial charge in [-0.05, 0) is 61.6 Å². The van der Waals surface area contributed by atoms with E-state index in [0.29, 0.717) is 11.3 Å². The molecule has 0 unspecified atom stereocenters. The van der Waals surface area contributed by atoms with Crippen molar-refractivity contribution in [2.24, 2.45) is 0 Å². The van der Waals surface area contributed by atoms with Crippen LogP contribution in [0.2, 0.25) is 0 Å². The molecule has 1 aliphatic carbocycles. The zero-order valence-electron chi connectivity index (χ0n) is 17.6. The number of nitrogens with one attached hydrogen (secondary N) is 2. The SMILES string of the molecule is Cc1ccc(C)c([C@H](C)N[C@@H]2c3ccccc3C[C@@H]2NS(=O)(=O)c2ccccc2)c1. The minimum Gasteiger partial charge on any atom is -0.302 e. The van der Waals surface area contributed by atoms with E-state index in [9.17, 15) is 8.42 Å². The fraction of sp³-hybridized carbons (Fsp3) is 0.280. The molecule has 0 fully saturated rings. The highest BCUT2D eigenvalue weighted by atomic mass is 32.2. The summed E-state index contributed by atoms with van der Waals surface area (Å²) >= 11 is 0. The van der Waals surface area contributed by atoms with Crippen LogP contribution in [0.3, 0.4) is 0 Å². The lowest BCUT2D eigenvalue weighted by atomic mass is 9.98. The molecule has 30 heavy (non-hydrogen) atoms. The molecule has 1 aliphatic rings. The van der Waals surface area contributed by atoms with Gasteiger partial charge >= 0.3 is 0 Å². The summed E-state index contributed by atoms with van der Waals surface area (Å²) in [5.74, 6) is 0. The van der Waals surface area contributed by atoms with Crippen LogP contribution in [0.25, 0.3) is 0 Å². The number of hydrogen-bond donors (Lipinski definition) is 2. The van der Waals surface area contributed by atoms with Gasteiger partial charge in [-0.2, -0.15) is 0 Å². The van der Waals surface area contributed by atoms with Gasteiger partial charge in [0.05, 0.1) is 4.90 Å². The van der Waals surface area contributed by atoms with Gasteiger partial charge in [0.2, 0.25) is 10.0 Å². The second kappa shape index (κ2) is 8.34. The van der Waals surface area contributed by atoms with Crippen LogP contribution >= 0.6 is 0 Å². The summed E-state index contributed by atoms with van der Waals surface area (Å²) in [4.78, 5) is 0.294. The van der Waals surface area contributed by atoms with E-state index in [4.69, 9.17) is 0 Å². The molecule has 4 rings (SSSR count). The molecule has 0 aliphatic heterocycles. The van der Waals surface area contributed by atoms with Crippen LogP contribution in [-0.4, -0.2) is 14.5 Å². The van der Waals surface area contributed by atoms with Crippen molar-refractivity contribution in [2.45, 2.75) is 50.2 Å². The lowest BCUT2D eigenvalue weighted by Crippen LogP contribution is -2.43. The Hall–Kier alpha value is -2.47. The molecule has 0 spiro atoms.